The van der Waals surface area contributed by atoms with Crippen molar-refractivity contribution in [2.45, 2.75) is 12.5 Å². The van der Waals surface area contributed by atoms with Crippen LogP contribution < -0.4 is 10.5 Å². The van der Waals surface area contributed by atoms with Gasteiger partial charge in [-0.05, 0) is 24.1 Å². The molecule has 1 aromatic rings. The fraction of sp³-hybridized carbons (Fsp3) is 0.600. The largest absolute Gasteiger partial charge is 0.497 e. The van der Waals surface area contributed by atoms with E-state index in [1.807, 2.05) is 24.3 Å². The van der Waals surface area contributed by atoms with Crippen molar-refractivity contribution in [1.82, 2.24) is 0 Å². The highest BCUT2D eigenvalue weighted by molar-refractivity contribution is 5.28. The van der Waals surface area contributed by atoms with Gasteiger partial charge in [0.1, 0.15) is 5.75 Å². The number of ether oxygens (including phenoxy) is 4. The minimum atomic E-state index is -0.130. The molecule has 0 aromatic heterocycles. The van der Waals surface area contributed by atoms with Gasteiger partial charge in [-0.25, -0.2) is 0 Å². The molecule has 0 bridgehead atoms. The Morgan fingerprint density at radius 1 is 0.950 bits per heavy atom. The van der Waals surface area contributed by atoms with E-state index in [2.05, 4.69) is 0 Å². The van der Waals surface area contributed by atoms with E-state index >= 15 is 0 Å². The molecule has 1 unspecified atom stereocenters. The summed E-state index contributed by atoms with van der Waals surface area (Å²) in [4.78, 5) is 0. The number of hydrogen-bond donors (Lipinski definition) is 1. The molecular weight excluding hydrogens is 258 g/mol. The molecule has 1 rings (SSSR count). The summed E-state index contributed by atoms with van der Waals surface area (Å²) < 4.78 is 20.9. The third-order valence-electron chi connectivity index (χ3n) is 2.85. The maximum absolute atomic E-state index is 6.04. The Kier molecular flexibility index (Phi) is 8.98. The van der Waals surface area contributed by atoms with Crippen LogP contribution in [0.25, 0.3) is 0 Å². The van der Waals surface area contributed by atoms with Gasteiger partial charge in [0, 0.05) is 20.3 Å². The molecule has 0 saturated heterocycles. The predicted octanol–water partition coefficient (Wildman–Crippen LogP) is 1.76. The van der Waals surface area contributed by atoms with Gasteiger partial charge >= 0.3 is 0 Å². The average molecular weight is 283 g/mol. The summed E-state index contributed by atoms with van der Waals surface area (Å²) in [5.74, 6) is 0.825. The van der Waals surface area contributed by atoms with Gasteiger partial charge in [-0.1, -0.05) is 12.1 Å². The quantitative estimate of drug-likeness (QED) is 0.627. The van der Waals surface area contributed by atoms with Crippen molar-refractivity contribution in [1.29, 1.82) is 0 Å². The van der Waals surface area contributed by atoms with E-state index in [0.29, 0.717) is 26.4 Å². The monoisotopic (exact) mass is 283 g/mol. The lowest BCUT2D eigenvalue weighted by molar-refractivity contribution is 0.0355. The molecule has 0 fully saturated rings. The van der Waals surface area contributed by atoms with E-state index in [1.54, 1.807) is 14.2 Å². The fourth-order valence-corrected chi connectivity index (χ4v) is 1.68. The second kappa shape index (κ2) is 10.6. The van der Waals surface area contributed by atoms with E-state index < -0.39 is 0 Å². The lowest BCUT2D eigenvalue weighted by Crippen LogP contribution is -2.18. The van der Waals surface area contributed by atoms with Crippen molar-refractivity contribution in [3.05, 3.63) is 29.8 Å². The van der Waals surface area contributed by atoms with Gasteiger partial charge in [0.25, 0.3) is 0 Å². The van der Waals surface area contributed by atoms with Crippen molar-refractivity contribution < 1.29 is 18.9 Å². The highest BCUT2D eigenvalue weighted by Gasteiger charge is 2.06. The standard InChI is InChI=1S/C15H25NO4/c1-17-8-3-9-19-10-11-20-12-15(16)13-4-6-14(18-2)7-5-13/h4-7,15H,3,8-12,16H2,1-2H3. The number of rotatable bonds is 11. The summed E-state index contributed by atoms with van der Waals surface area (Å²) >= 11 is 0. The summed E-state index contributed by atoms with van der Waals surface area (Å²) in [6.45, 7) is 3.04. The molecule has 0 radical (unpaired) electrons. The SMILES string of the molecule is COCCCOCCOCC(N)c1ccc(OC)cc1. The molecule has 0 aliphatic heterocycles. The average Bonchev–Trinajstić information content (AvgIpc) is 2.50. The number of nitrogens with two attached hydrogens (primary N) is 1. The topological polar surface area (TPSA) is 62.9 Å². The van der Waals surface area contributed by atoms with Gasteiger partial charge in [-0.3, -0.25) is 0 Å². The van der Waals surface area contributed by atoms with E-state index in [1.165, 1.54) is 0 Å². The zero-order valence-corrected chi connectivity index (χ0v) is 12.3. The maximum atomic E-state index is 6.04. The van der Waals surface area contributed by atoms with Gasteiger partial charge in [-0.2, -0.15) is 0 Å². The van der Waals surface area contributed by atoms with Crippen LogP contribution in [-0.2, 0) is 14.2 Å². The van der Waals surface area contributed by atoms with E-state index in [4.69, 9.17) is 24.7 Å². The summed E-state index contributed by atoms with van der Waals surface area (Å²) in [6, 6.07) is 7.57. The van der Waals surface area contributed by atoms with Crippen LogP contribution in [0.2, 0.25) is 0 Å². The Morgan fingerprint density at radius 3 is 2.30 bits per heavy atom. The van der Waals surface area contributed by atoms with Crippen LogP contribution in [0.15, 0.2) is 24.3 Å². The Balaban J connectivity index is 2.08. The predicted molar refractivity (Wildman–Crippen MR) is 78.1 cm³/mol. The van der Waals surface area contributed by atoms with E-state index in [-0.39, 0.29) is 6.04 Å². The van der Waals surface area contributed by atoms with E-state index in [9.17, 15) is 0 Å². The van der Waals surface area contributed by atoms with Crippen molar-refractivity contribution in [2.75, 3.05) is 47.3 Å². The molecule has 5 heteroatoms. The molecule has 0 heterocycles. The van der Waals surface area contributed by atoms with Crippen LogP contribution >= 0.6 is 0 Å². The van der Waals surface area contributed by atoms with Crippen molar-refractivity contribution in [3.8, 4) is 5.75 Å². The van der Waals surface area contributed by atoms with Gasteiger partial charge in [-0.15, -0.1) is 0 Å². The number of hydrogen-bond acceptors (Lipinski definition) is 5. The van der Waals surface area contributed by atoms with Crippen LogP contribution in [0.5, 0.6) is 5.75 Å². The first-order chi connectivity index (χ1) is 9.77. The molecule has 5 nitrogen and oxygen atoms in total. The first kappa shape index (κ1) is 16.9. The van der Waals surface area contributed by atoms with E-state index in [0.717, 1.165) is 24.3 Å². The number of methoxy groups -OCH3 is 2. The van der Waals surface area contributed by atoms with Crippen LogP contribution in [0.1, 0.15) is 18.0 Å². The first-order valence-corrected chi connectivity index (χ1v) is 6.82. The molecule has 114 valence electrons. The zero-order valence-electron chi connectivity index (χ0n) is 12.3. The molecule has 20 heavy (non-hydrogen) atoms. The Hall–Kier alpha value is -1.14. The van der Waals surface area contributed by atoms with Crippen molar-refractivity contribution >= 4 is 0 Å². The lowest BCUT2D eigenvalue weighted by atomic mass is 10.1. The molecule has 1 atom stereocenters. The van der Waals surface area contributed by atoms with Crippen LogP contribution in [-0.4, -0.2) is 47.3 Å². The van der Waals surface area contributed by atoms with Crippen LogP contribution in [0.3, 0.4) is 0 Å². The molecule has 1 aromatic carbocycles. The second-order valence-electron chi connectivity index (χ2n) is 4.41. The maximum Gasteiger partial charge on any atom is 0.118 e. The summed E-state index contributed by atoms with van der Waals surface area (Å²) in [6.07, 6.45) is 0.905. The molecular formula is C15H25NO4. The summed E-state index contributed by atoms with van der Waals surface area (Å²) in [7, 11) is 3.33. The highest BCUT2D eigenvalue weighted by Crippen LogP contribution is 2.16. The van der Waals surface area contributed by atoms with Gasteiger partial charge in [0.05, 0.1) is 33.0 Å². The van der Waals surface area contributed by atoms with Gasteiger partial charge < -0.3 is 24.7 Å². The Bertz CT molecular complexity index is 342. The molecule has 0 aliphatic rings. The Labute approximate surface area is 121 Å². The second-order valence-corrected chi connectivity index (χ2v) is 4.41. The van der Waals surface area contributed by atoms with Crippen molar-refractivity contribution in [2.24, 2.45) is 5.73 Å². The first-order valence-electron chi connectivity index (χ1n) is 6.82. The minimum Gasteiger partial charge on any atom is -0.497 e. The fourth-order valence-electron chi connectivity index (χ4n) is 1.68. The van der Waals surface area contributed by atoms with Gasteiger partial charge in [0.15, 0.2) is 0 Å². The molecule has 0 spiro atoms. The smallest absolute Gasteiger partial charge is 0.118 e. The molecule has 0 aliphatic carbocycles. The Morgan fingerprint density at radius 2 is 1.65 bits per heavy atom. The normalized spacial score (nSPS) is 12.3. The van der Waals surface area contributed by atoms with Crippen LogP contribution in [0, 0.1) is 0 Å². The lowest BCUT2D eigenvalue weighted by Gasteiger charge is -2.13. The molecule has 0 saturated carbocycles. The molecule has 0 amide bonds. The summed E-state index contributed by atoms with van der Waals surface area (Å²) in [5, 5.41) is 0. The number of benzene rings is 1. The summed E-state index contributed by atoms with van der Waals surface area (Å²) in [5.41, 5.74) is 7.08. The third kappa shape index (κ3) is 6.86. The van der Waals surface area contributed by atoms with Crippen LogP contribution in [0.4, 0.5) is 0 Å². The third-order valence-corrected chi connectivity index (χ3v) is 2.85. The molecule has 2 N–H and O–H groups in total. The highest BCUT2D eigenvalue weighted by atomic mass is 16.5. The zero-order chi connectivity index (χ0) is 14.6. The van der Waals surface area contributed by atoms with Crippen molar-refractivity contribution in [3.63, 3.8) is 0 Å². The minimum absolute atomic E-state index is 0.130. The van der Waals surface area contributed by atoms with Gasteiger partial charge in [0.2, 0.25) is 0 Å².